The lowest BCUT2D eigenvalue weighted by atomic mass is 10.1. The van der Waals surface area contributed by atoms with Gasteiger partial charge in [-0.15, -0.1) is 0 Å². The molecule has 0 radical (unpaired) electrons. The van der Waals surface area contributed by atoms with Crippen molar-refractivity contribution in [3.63, 3.8) is 0 Å². The quantitative estimate of drug-likeness (QED) is 0.612. The van der Waals surface area contributed by atoms with Gasteiger partial charge >= 0.3 is 0 Å². The summed E-state index contributed by atoms with van der Waals surface area (Å²) in [5.74, 6) is 1.88. The van der Waals surface area contributed by atoms with Crippen LogP contribution in [0.3, 0.4) is 0 Å². The molecule has 1 N–H and O–H groups in total. The van der Waals surface area contributed by atoms with Gasteiger partial charge in [-0.1, -0.05) is 12.2 Å². The van der Waals surface area contributed by atoms with Gasteiger partial charge in [-0.05, 0) is 26.2 Å². The van der Waals surface area contributed by atoms with Crippen LogP contribution in [0.15, 0.2) is 24.5 Å². The molecule has 5 heteroatoms. The number of nitrogens with one attached hydrogen (secondary N) is 1. The SMILES string of the molecule is C=C(C)COCCNc1cc(N2CCCCC2)ncn1. The molecular weight excluding hydrogens is 252 g/mol. The van der Waals surface area contributed by atoms with Crippen LogP contribution in [0.4, 0.5) is 11.6 Å². The summed E-state index contributed by atoms with van der Waals surface area (Å²) < 4.78 is 5.45. The maximum Gasteiger partial charge on any atom is 0.134 e. The van der Waals surface area contributed by atoms with Gasteiger partial charge in [0.2, 0.25) is 0 Å². The van der Waals surface area contributed by atoms with Gasteiger partial charge in [0.15, 0.2) is 0 Å². The number of aromatic nitrogens is 2. The fourth-order valence-electron chi connectivity index (χ4n) is 2.24. The van der Waals surface area contributed by atoms with Crippen molar-refractivity contribution in [1.82, 2.24) is 9.97 Å². The average molecular weight is 276 g/mol. The Hall–Kier alpha value is -1.62. The number of anilines is 2. The molecule has 20 heavy (non-hydrogen) atoms. The van der Waals surface area contributed by atoms with Crippen LogP contribution in [0, 0.1) is 0 Å². The molecule has 110 valence electrons. The molecule has 1 aromatic heterocycles. The molecule has 1 aliphatic rings. The van der Waals surface area contributed by atoms with Crippen LogP contribution in [-0.4, -0.2) is 42.8 Å². The van der Waals surface area contributed by atoms with E-state index in [1.807, 2.05) is 13.0 Å². The van der Waals surface area contributed by atoms with Crippen LogP contribution >= 0.6 is 0 Å². The minimum atomic E-state index is 0.616. The Morgan fingerprint density at radius 1 is 1.35 bits per heavy atom. The largest absolute Gasteiger partial charge is 0.375 e. The Bertz CT molecular complexity index is 430. The van der Waals surface area contributed by atoms with E-state index < -0.39 is 0 Å². The van der Waals surface area contributed by atoms with E-state index in [4.69, 9.17) is 4.74 Å². The summed E-state index contributed by atoms with van der Waals surface area (Å²) >= 11 is 0. The Balaban J connectivity index is 1.78. The second-order valence-corrected chi connectivity index (χ2v) is 5.25. The summed E-state index contributed by atoms with van der Waals surface area (Å²) in [4.78, 5) is 10.9. The van der Waals surface area contributed by atoms with Crippen molar-refractivity contribution < 1.29 is 4.74 Å². The number of ether oxygens (including phenoxy) is 1. The van der Waals surface area contributed by atoms with Crippen molar-refractivity contribution in [2.24, 2.45) is 0 Å². The van der Waals surface area contributed by atoms with E-state index in [0.29, 0.717) is 13.2 Å². The fraction of sp³-hybridized carbons (Fsp3) is 0.600. The second kappa shape index (κ2) is 7.85. The highest BCUT2D eigenvalue weighted by Gasteiger charge is 2.12. The molecule has 5 nitrogen and oxygen atoms in total. The molecule has 2 rings (SSSR count). The number of rotatable bonds is 7. The maximum atomic E-state index is 5.45. The summed E-state index contributed by atoms with van der Waals surface area (Å²) in [6.07, 6.45) is 5.46. The summed E-state index contributed by atoms with van der Waals surface area (Å²) in [5.41, 5.74) is 1.04. The number of piperidine rings is 1. The molecule has 0 spiro atoms. The highest BCUT2D eigenvalue weighted by Crippen LogP contribution is 2.18. The Kier molecular flexibility index (Phi) is 5.80. The molecule has 1 saturated heterocycles. The van der Waals surface area contributed by atoms with E-state index in [0.717, 1.165) is 36.8 Å². The minimum Gasteiger partial charge on any atom is -0.375 e. The number of hydrogen-bond acceptors (Lipinski definition) is 5. The van der Waals surface area contributed by atoms with Crippen molar-refractivity contribution in [2.75, 3.05) is 43.1 Å². The first-order valence-corrected chi connectivity index (χ1v) is 7.29. The zero-order valence-electron chi connectivity index (χ0n) is 12.3. The molecule has 0 unspecified atom stereocenters. The first kappa shape index (κ1) is 14.8. The molecule has 0 saturated carbocycles. The third-order valence-corrected chi connectivity index (χ3v) is 3.23. The van der Waals surface area contributed by atoms with E-state index in [2.05, 4.69) is 26.8 Å². The predicted octanol–water partition coefficient (Wildman–Crippen LogP) is 2.47. The van der Waals surface area contributed by atoms with E-state index in [-0.39, 0.29) is 0 Å². The summed E-state index contributed by atoms with van der Waals surface area (Å²) in [6, 6.07) is 2.02. The summed E-state index contributed by atoms with van der Waals surface area (Å²) in [7, 11) is 0. The van der Waals surface area contributed by atoms with Crippen molar-refractivity contribution in [3.8, 4) is 0 Å². The zero-order valence-corrected chi connectivity index (χ0v) is 12.3. The summed E-state index contributed by atoms with van der Waals surface area (Å²) in [6.45, 7) is 9.96. The van der Waals surface area contributed by atoms with Crippen molar-refractivity contribution >= 4 is 11.6 Å². The highest BCUT2D eigenvalue weighted by atomic mass is 16.5. The van der Waals surface area contributed by atoms with Crippen LogP contribution in [0.25, 0.3) is 0 Å². The molecule has 1 fully saturated rings. The van der Waals surface area contributed by atoms with Gasteiger partial charge in [0.05, 0.1) is 13.2 Å². The second-order valence-electron chi connectivity index (χ2n) is 5.25. The average Bonchev–Trinajstić information content (AvgIpc) is 2.48. The number of hydrogen-bond donors (Lipinski definition) is 1. The van der Waals surface area contributed by atoms with E-state index >= 15 is 0 Å². The smallest absolute Gasteiger partial charge is 0.134 e. The molecule has 0 aromatic carbocycles. The molecule has 0 bridgehead atoms. The lowest BCUT2D eigenvalue weighted by Gasteiger charge is -2.27. The number of nitrogens with zero attached hydrogens (tertiary/aromatic N) is 3. The Morgan fingerprint density at radius 2 is 2.15 bits per heavy atom. The normalized spacial score (nSPS) is 15.2. The van der Waals surface area contributed by atoms with Gasteiger partial charge in [0.1, 0.15) is 18.0 Å². The summed E-state index contributed by atoms with van der Waals surface area (Å²) in [5, 5.41) is 3.27. The molecule has 1 aliphatic heterocycles. The van der Waals surface area contributed by atoms with Crippen LogP contribution in [0.2, 0.25) is 0 Å². The molecule has 0 atom stereocenters. The molecule has 1 aromatic rings. The fourth-order valence-corrected chi connectivity index (χ4v) is 2.24. The Labute approximate surface area is 121 Å². The minimum absolute atomic E-state index is 0.616. The zero-order chi connectivity index (χ0) is 14.2. The highest BCUT2D eigenvalue weighted by molar-refractivity contribution is 5.48. The van der Waals surface area contributed by atoms with Gasteiger partial charge in [0, 0.05) is 25.7 Å². The lowest BCUT2D eigenvalue weighted by Crippen LogP contribution is -2.30. The van der Waals surface area contributed by atoms with Crippen LogP contribution in [-0.2, 0) is 4.74 Å². The van der Waals surface area contributed by atoms with Crippen molar-refractivity contribution in [2.45, 2.75) is 26.2 Å². The van der Waals surface area contributed by atoms with Gasteiger partial charge in [0.25, 0.3) is 0 Å². The molecule has 0 amide bonds. The third kappa shape index (κ3) is 4.81. The Morgan fingerprint density at radius 3 is 2.90 bits per heavy atom. The van der Waals surface area contributed by atoms with Crippen LogP contribution in [0.1, 0.15) is 26.2 Å². The predicted molar refractivity (Wildman–Crippen MR) is 82.2 cm³/mol. The lowest BCUT2D eigenvalue weighted by molar-refractivity contribution is 0.167. The van der Waals surface area contributed by atoms with Gasteiger partial charge in [-0.2, -0.15) is 0 Å². The van der Waals surface area contributed by atoms with Crippen LogP contribution < -0.4 is 10.2 Å². The van der Waals surface area contributed by atoms with E-state index in [9.17, 15) is 0 Å². The van der Waals surface area contributed by atoms with Gasteiger partial charge in [-0.3, -0.25) is 0 Å². The molecule has 0 aliphatic carbocycles. The topological polar surface area (TPSA) is 50.3 Å². The van der Waals surface area contributed by atoms with Gasteiger partial charge < -0.3 is 15.0 Å². The standard InChI is InChI=1S/C15H24N4O/c1-13(2)11-20-9-6-16-14-10-15(18-12-17-14)19-7-4-3-5-8-19/h10,12H,1,3-9,11H2,2H3,(H,16,17,18). The van der Waals surface area contributed by atoms with Crippen molar-refractivity contribution in [1.29, 1.82) is 0 Å². The molecule has 2 heterocycles. The van der Waals surface area contributed by atoms with E-state index in [1.165, 1.54) is 19.3 Å². The first-order chi connectivity index (χ1) is 9.75. The van der Waals surface area contributed by atoms with Crippen molar-refractivity contribution in [3.05, 3.63) is 24.5 Å². The maximum absolute atomic E-state index is 5.45. The monoisotopic (exact) mass is 276 g/mol. The third-order valence-electron chi connectivity index (χ3n) is 3.23. The first-order valence-electron chi connectivity index (χ1n) is 7.29. The van der Waals surface area contributed by atoms with Gasteiger partial charge in [-0.25, -0.2) is 9.97 Å². The molecular formula is C15H24N4O. The van der Waals surface area contributed by atoms with E-state index in [1.54, 1.807) is 6.33 Å². The van der Waals surface area contributed by atoms with Crippen LogP contribution in [0.5, 0.6) is 0 Å².